The van der Waals surface area contributed by atoms with Gasteiger partial charge >= 0.3 is 6.18 Å². The maximum atomic E-state index is 12.9. The summed E-state index contributed by atoms with van der Waals surface area (Å²) >= 11 is 0. The minimum atomic E-state index is -4.47. The molecule has 0 spiro atoms. The van der Waals surface area contributed by atoms with E-state index in [1.54, 1.807) is 25.1 Å². The second-order valence-electron chi connectivity index (χ2n) is 7.73. The molecule has 0 radical (unpaired) electrons. The largest absolute Gasteiger partial charge is 0.451 e. The lowest BCUT2D eigenvalue weighted by molar-refractivity contribution is -0.137. The zero-order chi connectivity index (χ0) is 22.9. The Balaban J connectivity index is 1.48. The van der Waals surface area contributed by atoms with E-state index < -0.39 is 17.6 Å². The number of anilines is 1. The molecule has 1 N–H and O–H groups in total. The lowest BCUT2D eigenvalue weighted by atomic mass is 10.1. The van der Waals surface area contributed by atoms with Crippen molar-refractivity contribution in [1.82, 2.24) is 4.90 Å². The van der Waals surface area contributed by atoms with E-state index in [1.807, 2.05) is 4.90 Å². The van der Waals surface area contributed by atoms with E-state index in [4.69, 9.17) is 4.42 Å². The van der Waals surface area contributed by atoms with Gasteiger partial charge in [-0.1, -0.05) is 12.1 Å². The van der Waals surface area contributed by atoms with Gasteiger partial charge in [-0.3, -0.25) is 9.59 Å². The van der Waals surface area contributed by atoms with Crippen LogP contribution in [0.5, 0.6) is 0 Å². The molecule has 8 heteroatoms. The minimum absolute atomic E-state index is 0.0276. The first-order chi connectivity index (χ1) is 15.2. The van der Waals surface area contributed by atoms with Crippen molar-refractivity contribution in [3.05, 3.63) is 77.0 Å². The summed E-state index contributed by atoms with van der Waals surface area (Å²) in [6, 6.07) is 12.6. The van der Waals surface area contributed by atoms with Gasteiger partial charge < -0.3 is 14.6 Å². The highest BCUT2D eigenvalue weighted by Gasteiger charge is 2.30. The average molecular weight is 442 g/mol. The van der Waals surface area contributed by atoms with Gasteiger partial charge in [0.25, 0.3) is 11.8 Å². The SMILES string of the molecule is Cc1cc(C(=O)N2CCCC2)ccc1NC(=O)c1ccc(-c2cccc(C(F)(F)F)c2)o1. The van der Waals surface area contributed by atoms with E-state index in [0.29, 0.717) is 16.8 Å². The summed E-state index contributed by atoms with van der Waals surface area (Å²) in [5.74, 6) is -0.441. The zero-order valence-electron chi connectivity index (χ0n) is 17.3. The van der Waals surface area contributed by atoms with Crippen LogP contribution in [0.4, 0.5) is 18.9 Å². The van der Waals surface area contributed by atoms with Gasteiger partial charge in [0.2, 0.25) is 0 Å². The number of amides is 2. The third-order valence-corrected chi connectivity index (χ3v) is 5.42. The molecular weight excluding hydrogens is 421 g/mol. The molecule has 1 aliphatic rings. The molecule has 3 aromatic rings. The van der Waals surface area contributed by atoms with Crippen molar-refractivity contribution in [2.75, 3.05) is 18.4 Å². The predicted molar refractivity (Wildman–Crippen MR) is 113 cm³/mol. The molecule has 2 aromatic carbocycles. The van der Waals surface area contributed by atoms with Crippen LogP contribution in [0.25, 0.3) is 11.3 Å². The second kappa shape index (κ2) is 8.53. The molecule has 2 amide bonds. The third kappa shape index (κ3) is 4.54. The van der Waals surface area contributed by atoms with Crippen molar-refractivity contribution in [1.29, 1.82) is 0 Å². The topological polar surface area (TPSA) is 62.6 Å². The van der Waals surface area contributed by atoms with Crippen molar-refractivity contribution < 1.29 is 27.2 Å². The van der Waals surface area contributed by atoms with Gasteiger partial charge in [-0.15, -0.1) is 0 Å². The van der Waals surface area contributed by atoms with Crippen LogP contribution in [0.3, 0.4) is 0 Å². The summed E-state index contributed by atoms with van der Waals surface area (Å²) in [7, 11) is 0. The van der Waals surface area contributed by atoms with E-state index in [0.717, 1.165) is 38.1 Å². The lowest BCUT2D eigenvalue weighted by Gasteiger charge is -2.16. The standard InChI is InChI=1S/C24H21F3N2O3/c1-15-13-17(23(31)29-11-2-3-12-29)7-8-19(15)28-22(30)21-10-9-20(32-21)16-5-4-6-18(14-16)24(25,26)27/h4-10,13-14H,2-3,11-12H2,1H3,(H,28,30). The van der Waals surface area contributed by atoms with Crippen molar-refractivity contribution in [3.8, 4) is 11.3 Å². The third-order valence-electron chi connectivity index (χ3n) is 5.42. The molecule has 1 saturated heterocycles. The number of hydrogen-bond donors (Lipinski definition) is 1. The summed E-state index contributed by atoms with van der Waals surface area (Å²) in [5.41, 5.74) is 1.22. The predicted octanol–water partition coefficient (Wildman–Crippen LogP) is 5.76. The smallest absolute Gasteiger partial charge is 0.416 e. The molecule has 1 aliphatic heterocycles. The summed E-state index contributed by atoms with van der Waals surface area (Å²) in [5, 5.41) is 2.73. The number of aryl methyl sites for hydroxylation is 1. The van der Waals surface area contributed by atoms with Crippen LogP contribution in [-0.4, -0.2) is 29.8 Å². The van der Waals surface area contributed by atoms with Crippen LogP contribution in [0, 0.1) is 6.92 Å². The fourth-order valence-electron chi connectivity index (χ4n) is 3.69. The van der Waals surface area contributed by atoms with Crippen LogP contribution in [0.2, 0.25) is 0 Å². The Morgan fingerprint density at radius 2 is 1.75 bits per heavy atom. The number of likely N-dealkylation sites (tertiary alicyclic amines) is 1. The van der Waals surface area contributed by atoms with Gasteiger partial charge in [0.1, 0.15) is 5.76 Å². The van der Waals surface area contributed by atoms with Gasteiger partial charge in [0.05, 0.1) is 5.56 Å². The van der Waals surface area contributed by atoms with Crippen molar-refractivity contribution in [3.63, 3.8) is 0 Å². The molecule has 0 unspecified atom stereocenters. The summed E-state index contributed by atoms with van der Waals surface area (Å²) < 4.78 is 44.3. The molecule has 166 valence electrons. The first-order valence-corrected chi connectivity index (χ1v) is 10.2. The molecule has 4 rings (SSSR count). The Morgan fingerprint density at radius 1 is 1.00 bits per heavy atom. The minimum Gasteiger partial charge on any atom is -0.451 e. The van der Waals surface area contributed by atoms with Crippen molar-refractivity contribution in [2.24, 2.45) is 0 Å². The Morgan fingerprint density at radius 3 is 2.44 bits per heavy atom. The molecule has 0 saturated carbocycles. The average Bonchev–Trinajstić information content (AvgIpc) is 3.46. The molecular formula is C24H21F3N2O3. The molecule has 1 aromatic heterocycles. The molecule has 1 fully saturated rings. The van der Waals surface area contributed by atoms with Crippen LogP contribution in [-0.2, 0) is 6.18 Å². The summed E-state index contributed by atoms with van der Waals surface area (Å²) in [6.45, 7) is 3.29. The van der Waals surface area contributed by atoms with E-state index in [1.165, 1.54) is 24.3 Å². The first kappa shape index (κ1) is 21.7. The molecule has 0 bridgehead atoms. The lowest BCUT2D eigenvalue weighted by Crippen LogP contribution is -2.27. The Bertz CT molecular complexity index is 1160. The maximum Gasteiger partial charge on any atom is 0.416 e. The highest BCUT2D eigenvalue weighted by Crippen LogP contribution is 2.32. The molecule has 2 heterocycles. The van der Waals surface area contributed by atoms with Gasteiger partial charge in [-0.25, -0.2) is 0 Å². The highest BCUT2D eigenvalue weighted by molar-refractivity contribution is 6.03. The van der Waals surface area contributed by atoms with E-state index in [9.17, 15) is 22.8 Å². The first-order valence-electron chi connectivity index (χ1n) is 10.2. The monoisotopic (exact) mass is 442 g/mol. The quantitative estimate of drug-likeness (QED) is 0.559. The Labute approximate surface area is 182 Å². The molecule has 32 heavy (non-hydrogen) atoms. The number of carbonyl (C=O) groups excluding carboxylic acids is 2. The number of alkyl halides is 3. The summed E-state index contributed by atoms with van der Waals surface area (Å²) in [6.07, 6.45) is -2.46. The number of nitrogens with zero attached hydrogens (tertiary/aromatic N) is 1. The number of furan rings is 1. The Hall–Kier alpha value is -3.55. The van der Waals surface area contributed by atoms with Crippen molar-refractivity contribution in [2.45, 2.75) is 25.9 Å². The molecule has 0 atom stereocenters. The molecule has 0 aliphatic carbocycles. The van der Waals surface area contributed by atoms with Gasteiger partial charge in [-0.2, -0.15) is 13.2 Å². The number of carbonyl (C=O) groups is 2. The fourth-order valence-corrected chi connectivity index (χ4v) is 3.69. The van der Waals surface area contributed by atoms with E-state index >= 15 is 0 Å². The van der Waals surface area contributed by atoms with Gasteiger partial charge in [0, 0.05) is 29.9 Å². The van der Waals surface area contributed by atoms with Crippen LogP contribution in [0.15, 0.2) is 59.0 Å². The van der Waals surface area contributed by atoms with E-state index in [-0.39, 0.29) is 23.0 Å². The highest BCUT2D eigenvalue weighted by atomic mass is 19.4. The summed E-state index contributed by atoms with van der Waals surface area (Å²) in [4.78, 5) is 26.9. The van der Waals surface area contributed by atoms with Crippen LogP contribution >= 0.6 is 0 Å². The number of halogens is 3. The molecule has 5 nitrogen and oxygen atoms in total. The van der Waals surface area contributed by atoms with Gasteiger partial charge in [-0.05, 0) is 67.8 Å². The second-order valence-corrected chi connectivity index (χ2v) is 7.73. The maximum absolute atomic E-state index is 12.9. The van der Waals surface area contributed by atoms with E-state index in [2.05, 4.69) is 5.32 Å². The normalized spacial score (nSPS) is 13.9. The van der Waals surface area contributed by atoms with Crippen molar-refractivity contribution >= 4 is 17.5 Å². The van der Waals surface area contributed by atoms with Crippen LogP contribution < -0.4 is 5.32 Å². The van der Waals surface area contributed by atoms with Gasteiger partial charge in [0.15, 0.2) is 5.76 Å². The Kier molecular flexibility index (Phi) is 5.78. The number of hydrogen-bond acceptors (Lipinski definition) is 3. The number of benzene rings is 2. The fraction of sp³-hybridized carbons (Fsp3) is 0.250. The van der Waals surface area contributed by atoms with Crippen LogP contribution in [0.1, 0.15) is 44.9 Å². The number of nitrogens with one attached hydrogen (secondary N) is 1. The zero-order valence-corrected chi connectivity index (χ0v) is 17.3. The number of rotatable bonds is 4.